The summed E-state index contributed by atoms with van der Waals surface area (Å²) in [7, 11) is 0. The van der Waals surface area contributed by atoms with Crippen LogP contribution in [0, 0.1) is 0 Å². The Kier molecular flexibility index (Phi) is 6.12. The number of hydrogen-bond acceptors (Lipinski definition) is 4. The topological polar surface area (TPSA) is 67.0 Å². The van der Waals surface area contributed by atoms with Crippen LogP contribution in [0.15, 0.2) is 40.3 Å². The van der Waals surface area contributed by atoms with Crippen LogP contribution in [-0.2, 0) is 4.79 Å². The molecule has 4 rings (SSSR count). The molecule has 2 atom stereocenters. The fourth-order valence-corrected chi connectivity index (χ4v) is 5.11. The predicted octanol–water partition coefficient (Wildman–Crippen LogP) is 1.87. The van der Waals surface area contributed by atoms with Gasteiger partial charge in [0.05, 0.1) is 30.8 Å². The first-order valence-electron chi connectivity index (χ1n) is 10.2. The monoisotopic (exact) mass is 402 g/mol. The summed E-state index contributed by atoms with van der Waals surface area (Å²) in [4.78, 5) is 29.6. The Labute approximate surface area is 169 Å². The highest BCUT2D eigenvalue weighted by molar-refractivity contribution is 7.12. The van der Waals surface area contributed by atoms with Crippen LogP contribution in [0.25, 0.3) is 0 Å². The van der Waals surface area contributed by atoms with E-state index in [-0.39, 0.29) is 23.9 Å². The van der Waals surface area contributed by atoms with Crippen LogP contribution in [0.5, 0.6) is 0 Å². The van der Waals surface area contributed by atoms with Crippen LogP contribution in [-0.4, -0.2) is 48.9 Å². The molecule has 0 aromatic carbocycles. The zero-order valence-corrected chi connectivity index (χ0v) is 16.9. The van der Waals surface area contributed by atoms with Gasteiger partial charge in [-0.25, -0.2) is 0 Å². The number of piperidine rings is 1. The minimum absolute atomic E-state index is 0.0307. The average molecular weight is 403 g/mol. The van der Waals surface area contributed by atoms with Crippen molar-refractivity contribution in [3.63, 3.8) is 0 Å². The third kappa shape index (κ3) is 4.15. The fourth-order valence-electron chi connectivity index (χ4n) is 4.43. The fraction of sp³-hybridized carbons (Fsp3) is 0.524. The maximum atomic E-state index is 12.9. The average Bonchev–Trinajstić information content (AvgIpc) is 3.51. The molecule has 6 nitrogen and oxygen atoms in total. The Morgan fingerprint density at radius 3 is 2.79 bits per heavy atom. The van der Waals surface area contributed by atoms with Crippen LogP contribution in [0.1, 0.15) is 53.6 Å². The Hall–Kier alpha value is -2.12. The van der Waals surface area contributed by atoms with Crippen LogP contribution in [0.3, 0.4) is 0 Å². The summed E-state index contributed by atoms with van der Waals surface area (Å²) >= 11 is 1.43. The van der Waals surface area contributed by atoms with Gasteiger partial charge in [0.2, 0.25) is 5.91 Å². The summed E-state index contributed by atoms with van der Waals surface area (Å²) in [5, 5.41) is 5.03. The van der Waals surface area contributed by atoms with Gasteiger partial charge in [-0.05, 0) is 55.7 Å². The molecule has 2 fully saturated rings. The van der Waals surface area contributed by atoms with Gasteiger partial charge in [0.1, 0.15) is 6.04 Å². The number of hydrogen-bond donors (Lipinski definition) is 2. The molecule has 4 heterocycles. The molecule has 2 aliphatic heterocycles. The third-order valence-corrected chi connectivity index (χ3v) is 6.76. The van der Waals surface area contributed by atoms with E-state index in [2.05, 4.69) is 5.32 Å². The minimum Gasteiger partial charge on any atom is -0.463 e. The number of nitrogens with zero attached hydrogens (tertiary/aromatic N) is 1. The largest absolute Gasteiger partial charge is 0.463 e. The lowest BCUT2D eigenvalue weighted by Gasteiger charge is -2.31. The number of carbonyl (C=O) groups excluding carboxylic acids is 2. The summed E-state index contributed by atoms with van der Waals surface area (Å²) in [5.41, 5.74) is 0. The number of nitrogens with one attached hydrogen (secondary N) is 2. The lowest BCUT2D eigenvalue weighted by atomic mass is 10.1. The SMILES string of the molecule is O=C(NC[C@H](c1ccco1)[NH+]1CCCCC1)[C@@H]1CCCN1C(=O)c1cccs1. The molecule has 2 aromatic rings. The van der Waals surface area contributed by atoms with E-state index in [0.29, 0.717) is 18.0 Å². The maximum absolute atomic E-state index is 12.9. The van der Waals surface area contributed by atoms with E-state index in [1.54, 1.807) is 11.2 Å². The molecule has 2 amide bonds. The first-order chi connectivity index (χ1) is 13.7. The highest BCUT2D eigenvalue weighted by atomic mass is 32.1. The molecular weight excluding hydrogens is 374 g/mol. The quantitative estimate of drug-likeness (QED) is 0.775. The van der Waals surface area contributed by atoms with Gasteiger partial charge >= 0.3 is 0 Å². The number of rotatable bonds is 6. The van der Waals surface area contributed by atoms with E-state index in [1.165, 1.54) is 35.5 Å². The third-order valence-electron chi connectivity index (χ3n) is 5.90. The van der Waals surface area contributed by atoms with E-state index in [0.717, 1.165) is 31.7 Å². The lowest BCUT2D eigenvalue weighted by Crippen LogP contribution is -3.13. The Balaban J connectivity index is 1.40. The number of furan rings is 1. The summed E-state index contributed by atoms with van der Waals surface area (Å²) in [5.74, 6) is 0.849. The summed E-state index contributed by atoms with van der Waals surface area (Å²) < 4.78 is 5.68. The van der Waals surface area contributed by atoms with E-state index in [1.807, 2.05) is 29.6 Å². The first kappa shape index (κ1) is 19.2. The molecule has 2 aromatic heterocycles. The van der Waals surface area contributed by atoms with Gasteiger partial charge in [-0.3, -0.25) is 9.59 Å². The number of likely N-dealkylation sites (tertiary alicyclic amines) is 2. The molecule has 28 heavy (non-hydrogen) atoms. The second-order valence-electron chi connectivity index (χ2n) is 7.67. The van der Waals surface area contributed by atoms with Gasteiger partial charge < -0.3 is 19.5 Å². The summed E-state index contributed by atoms with van der Waals surface area (Å²) in [6.07, 6.45) is 7.01. The van der Waals surface area contributed by atoms with E-state index in [9.17, 15) is 9.59 Å². The molecule has 7 heteroatoms. The highest BCUT2D eigenvalue weighted by Crippen LogP contribution is 2.22. The van der Waals surface area contributed by atoms with Crippen LogP contribution < -0.4 is 10.2 Å². The number of quaternary nitrogens is 1. The van der Waals surface area contributed by atoms with Gasteiger partial charge in [-0.15, -0.1) is 11.3 Å². The van der Waals surface area contributed by atoms with Crippen LogP contribution >= 0.6 is 11.3 Å². The Morgan fingerprint density at radius 1 is 1.21 bits per heavy atom. The zero-order chi connectivity index (χ0) is 19.3. The molecule has 0 unspecified atom stereocenters. The van der Waals surface area contributed by atoms with Gasteiger partial charge in [0.15, 0.2) is 11.8 Å². The van der Waals surface area contributed by atoms with Crippen LogP contribution in [0.4, 0.5) is 0 Å². The first-order valence-corrected chi connectivity index (χ1v) is 11.1. The van der Waals surface area contributed by atoms with Gasteiger partial charge in [-0.1, -0.05) is 6.07 Å². The van der Waals surface area contributed by atoms with Gasteiger partial charge in [0, 0.05) is 6.54 Å². The lowest BCUT2D eigenvalue weighted by molar-refractivity contribution is -0.936. The van der Waals surface area contributed by atoms with Gasteiger partial charge in [0.25, 0.3) is 5.91 Å². The zero-order valence-electron chi connectivity index (χ0n) is 16.1. The van der Waals surface area contributed by atoms with Crippen molar-refractivity contribution in [2.24, 2.45) is 0 Å². The highest BCUT2D eigenvalue weighted by Gasteiger charge is 2.36. The molecule has 0 spiro atoms. The molecule has 0 saturated carbocycles. The molecule has 2 aliphatic rings. The minimum atomic E-state index is -0.372. The predicted molar refractivity (Wildman–Crippen MR) is 107 cm³/mol. The molecule has 150 valence electrons. The van der Waals surface area contributed by atoms with Gasteiger partial charge in [-0.2, -0.15) is 0 Å². The van der Waals surface area contributed by atoms with E-state index in [4.69, 9.17) is 4.42 Å². The van der Waals surface area contributed by atoms with E-state index < -0.39 is 0 Å². The second-order valence-corrected chi connectivity index (χ2v) is 8.61. The van der Waals surface area contributed by atoms with Crippen molar-refractivity contribution >= 4 is 23.2 Å². The van der Waals surface area contributed by atoms with Crippen molar-refractivity contribution in [1.29, 1.82) is 0 Å². The second kappa shape index (κ2) is 8.92. The number of carbonyl (C=O) groups is 2. The van der Waals surface area contributed by atoms with Crippen molar-refractivity contribution in [2.45, 2.75) is 44.2 Å². The molecule has 0 aliphatic carbocycles. The Morgan fingerprint density at radius 2 is 2.07 bits per heavy atom. The molecule has 2 N–H and O–H groups in total. The van der Waals surface area contributed by atoms with Crippen molar-refractivity contribution < 1.29 is 18.9 Å². The standard InChI is InChI=1S/C21H27N3O3S/c25-20(16-7-4-12-24(16)21(26)19-9-6-14-28-19)22-15-17(18-8-5-13-27-18)23-10-2-1-3-11-23/h5-6,8-9,13-14,16-17H,1-4,7,10-12,15H2,(H,22,25)/p+1/t16-,17+/m0/s1. The number of amides is 2. The van der Waals surface area contributed by atoms with Crippen LogP contribution in [0.2, 0.25) is 0 Å². The smallest absolute Gasteiger partial charge is 0.264 e. The van der Waals surface area contributed by atoms with Crippen molar-refractivity contribution in [3.8, 4) is 0 Å². The summed E-state index contributed by atoms with van der Waals surface area (Å²) in [6, 6.07) is 7.36. The van der Waals surface area contributed by atoms with Crippen molar-refractivity contribution in [3.05, 3.63) is 46.5 Å². The molecule has 2 saturated heterocycles. The maximum Gasteiger partial charge on any atom is 0.264 e. The number of thiophene rings is 1. The molecular formula is C21H28N3O3S+. The van der Waals surface area contributed by atoms with Crippen molar-refractivity contribution in [1.82, 2.24) is 10.2 Å². The normalized spacial score (nSPS) is 21.6. The summed E-state index contributed by atoms with van der Waals surface area (Å²) in [6.45, 7) is 3.40. The molecule has 0 radical (unpaired) electrons. The van der Waals surface area contributed by atoms with Crippen molar-refractivity contribution in [2.75, 3.05) is 26.2 Å². The molecule has 0 bridgehead atoms. The van der Waals surface area contributed by atoms with E-state index >= 15 is 0 Å². The Bertz CT molecular complexity index is 769.